The first-order valence-electron chi connectivity index (χ1n) is 9.84. The number of hydrogen-bond donors (Lipinski definition) is 0. The zero-order valence-corrected chi connectivity index (χ0v) is 15.8. The molecule has 0 amide bonds. The van der Waals surface area contributed by atoms with E-state index in [1.165, 1.54) is 38.6 Å². The lowest BCUT2D eigenvalue weighted by molar-refractivity contribution is 0.0475. The van der Waals surface area contributed by atoms with E-state index in [4.69, 9.17) is 9.47 Å². The van der Waals surface area contributed by atoms with Crippen molar-refractivity contribution in [2.45, 2.75) is 64.8 Å². The van der Waals surface area contributed by atoms with Crippen molar-refractivity contribution in [3.8, 4) is 5.75 Å². The summed E-state index contributed by atoms with van der Waals surface area (Å²) in [6.07, 6.45) is 8.24. The third kappa shape index (κ3) is 7.07. The first-order chi connectivity index (χ1) is 12.2. The van der Waals surface area contributed by atoms with Crippen LogP contribution in [0.2, 0.25) is 0 Å². The molecule has 1 aromatic rings. The van der Waals surface area contributed by atoms with E-state index in [0.29, 0.717) is 18.2 Å². The van der Waals surface area contributed by atoms with E-state index in [9.17, 15) is 4.79 Å². The Balaban J connectivity index is 1.64. The third-order valence-corrected chi connectivity index (χ3v) is 4.87. The van der Waals surface area contributed by atoms with Crippen LogP contribution in [0.1, 0.15) is 69.2 Å². The number of benzene rings is 1. The summed E-state index contributed by atoms with van der Waals surface area (Å²) in [7, 11) is 0. The Morgan fingerprint density at radius 2 is 1.92 bits per heavy atom. The van der Waals surface area contributed by atoms with Crippen LogP contribution < -0.4 is 4.74 Å². The van der Waals surface area contributed by atoms with Crippen LogP contribution >= 0.6 is 0 Å². The number of carbonyl (C=O) groups is 1. The average molecular weight is 347 g/mol. The van der Waals surface area contributed by atoms with Gasteiger partial charge in [0.25, 0.3) is 0 Å². The molecule has 0 aromatic heterocycles. The fraction of sp³-hybridized carbons (Fsp3) is 0.667. The van der Waals surface area contributed by atoms with Gasteiger partial charge in [-0.25, -0.2) is 4.79 Å². The number of ether oxygens (including phenoxy) is 2. The van der Waals surface area contributed by atoms with Crippen LogP contribution in [-0.2, 0) is 4.74 Å². The van der Waals surface area contributed by atoms with E-state index in [1.807, 2.05) is 12.1 Å². The summed E-state index contributed by atoms with van der Waals surface area (Å²) in [6, 6.07) is 7.92. The molecule has 1 atom stereocenters. The predicted octanol–water partition coefficient (Wildman–Crippen LogP) is 4.68. The van der Waals surface area contributed by atoms with Crippen molar-refractivity contribution < 1.29 is 14.3 Å². The molecular formula is C21H33NO3. The summed E-state index contributed by atoms with van der Waals surface area (Å²) in [5, 5.41) is 0. The van der Waals surface area contributed by atoms with Crippen LogP contribution in [0.15, 0.2) is 24.3 Å². The van der Waals surface area contributed by atoms with Crippen molar-refractivity contribution in [3.05, 3.63) is 29.8 Å². The Morgan fingerprint density at radius 3 is 2.64 bits per heavy atom. The molecule has 1 aliphatic rings. The number of nitrogens with zero attached hydrogens (tertiary/aromatic N) is 1. The molecule has 1 aliphatic heterocycles. The number of piperidine rings is 1. The first-order valence-corrected chi connectivity index (χ1v) is 9.84. The van der Waals surface area contributed by atoms with E-state index in [1.54, 1.807) is 12.1 Å². The van der Waals surface area contributed by atoms with Crippen molar-refractivity contribution in [2.75, 3.05) is 26.3 Å². The van der Waals surface area contributed by atoms with E-state index >= 15 is 0 Å². The maximum atomic E-state index is 12.1. The number of hydrogen-bond acceptors (Lipinski definition) is 4. The molecule has 0 aliphatic carbocycles. The zero-order chi connectivity index (χ0) is 17.9. The first kappa shape index (κ1) is 19.8. The smallest absolute Gasteiger partial charge is 0.338 e. The van der Waals surface area contributed by atoms with Gasteiger partial charge >= 0.3 is 5.97 Å². The van der Waals surface area contributed by atoms with Crippen molar-refractivity contribution in [1.29, 1.82) is 0 Å². The van der Waals surface area contributed by atoms with Gasteiger partial charge in [-0.3, -0.25) is 0 Å². The molecule has 1 fully saturated rings. The molecule has 0 radical (unpaired) electrons. The van der Waals surface area contributed by atoms with Crippen LogP contribution in [0.5, 0.6) is 5.75 Å². The standard InChI is InChI=1S/C21H33NO3/c1-3-4-7-16-24-20-12-10-19(11-13-20)21(23)25-17-8-15-22-14-6-5-9-18(22)2/h10-13,18H,3-9,14-17H2,1-2H3. The summed E-state index contributed by atoms with van der Waals surface area (Å²) >= 11 is 0. The third-order valence-electron chi connectivity index (χ3n) is 4.87. The lowest BCUT2D eigenvalue weighted by atomic mass is 10.0. The normalized spacial score (nSPS) is 18.1. The molecule has 0 saturated carbocycles. The average Bonchev–Trinajstić information content (AvgIpc) is 2.64. The molecule has 1 unspecified atom stereocenters. The maximum absolute atomic E-state index is 12.1. The number of esters is 1. The second-order valence-electron chi connectivity index (χ2n) is 6.95. The van der Waals surface area contributed by atoms with Crippen molar-refractivity contribution in [1.82, 2.24) is 4.90 Å². The van der Waals surface area contributed by atoms with Crippen molar-refractivity contribution in [3.63, 3.8) is 0 Å². The molecule has 1 heterocycles. The number of carbonyl (C=O) groups excluding carboxylic acids is 1. The number of unbranched alkanes of at least 4 members (excludes halogenated alkanes) is 2. The maximum Gasteiger partial charge on any atom is 0.338 e. The quantitative estimate of drug-likeness (QED) is 0.455. The molecule has 0 spiro atoms. The van der Waals surface area contributed by atoms with Gasteiger partial charge in [-0.2, -0.15) is 0 Å². The van der Waals surface area contributed by atoms with E-state index in [-0.39, 0.29) is 5.97 Å². The largest absolute Gasteiger partial charge is 0.494 e. The van der Waals surface area contributed by atoms with Gasteiger partial charge in [-0.15, -0.1) is 0 Å². The molecule has 1 aromatic carbocycles. The number of rotatable bonds is 10. The van der Waals surface area contributed by atoms with Gasteiger partial charge in [-0.05, 0) is 63.4 Å². The second kappa shape index (κ2) is 11.1. The lowest BCUT2D eigenvalue weighted by Crippen LogP contribution is -2.38. The summed E-state index contributed by atoms with van der Waals surface area (Å²) in [6.45, 7) is 7.86. The molecule has 0 N–H and O–H groups in total. The molecular weight excluding hydrogens is 314 g/mol. The molecule has 1 saturated heterocycles. The fourth-order valence-electron chi connectivity index (χ4n) is 3.23. The van der Waals surface area contributed by atoms with Gasteiger partial charge in [-0.1, -0.05) is 26.2 Å². The van der Waals surface area contributed by atoms with Crippen LogP contribution in [-0.4, -0.2) is 43.2 Å². The Labute approximate surface area is 152 Å². The summed E-state index contributed by atoms with van der Waals surface area (Å²) in [5.41, 5.74) is 0.590. The second-order valence-corrected chi connectivity index (χ2v) is 6.95. The van der Waals surface area contributed by atoms with Gasteiger partial charge in [0.15, 0.2) is 0 Å². The summed E-state index contributed by atoms with van der Waals surface area (Å²) in [4.78, 5) is 14.6. The highest BCUT2D eigenvalue weighted by Gasteiger charge is 2.17. The van der Waals surface area contributed by atoms with Crippen LogP contribution in [0.4, 0.5) is 0 Å². The van der Waals surface area contributed by atoms with Crippen molar-refractivity contribution in [2.24, 2.45) is 0 Å². The molecule has 2 rings (SSSR count). The Morgan fingerprint density at radius 1 is 1.12 bits per heavy atom. The lowest BCUT2D eigenvalue weighted by Gasteiger charge is -2.33. The number of likely N-dealkylation sites (tertiary alicyclic amines) is 1. The van der Waals surface area contributed by atoms with E-state index in [0.717, 1.165) is 31.7 Å². The highest BCUT2D eigenvalue weighted by Crippen LogP contribution is 2.17. The van der Waals surface area contributed by atoms with Crippen molar-refractivity contribution >= 4 is 5.97 Å². The molecule has 140 valence electrons. The fourth-order valence-corrected chi connectivity index (χ4v) is 3.23. The monoisotopic (exact) mass is 347 g/mol. The minimum atomic E-state index is -0.246. The SMILES string of the molecule is CCCCCOc1ccc(C(=O)OCCCN2CCCCC2C)cc1. The predicted molar refractivity (Wildman–Crippen MR) is 101 cm³/mol. The topological polar surface area (TPSA) is 38.8 Å². The molecule has 4 nitrogen and oxygen atoms in total. The minimum absolute atomic E-state index is 0.246. The molecule has 25 heavy (non-hydrogen) atoms. The van der Waals surface area contributed by atoms with Crippen LogP contribution in [0.25, 0.3) is 0 Å². The summed E-state index contributed by atoms with van der Waals surface area (Å²) < 4.78 is 11.1. The highest BCUT2D eigenvalue weighted by atomic mass is 16.5. The highest BCUT2D eigenvalue weighted by molar-refractivity contribution is 5.89. The summed E-state index contributed by atoms with van der Waals surface area (Å²) in [5.74, 6) is 0.566. The minimum Gasteiger partial charge on any atom is -0.494 e. The van der Waals surface area contributed by atoms with E-state index < -0.39 is 0 Å². The Bertz CT molecular complexity index is 500. The van der Waals surface area contributed by atoms with Gasteiger partial charge in [0, 0.05) is 12.6 Å². The van der Waals surface area contributed by atoms with Crippen LogP contribution in [0, 0.1) is 0 Å². The van der Waals surface area contributed by atoms with Gasteiger partial charge < -0.3 is 14.4 Å². The van der Waals surface area contributed by atoms with E-state index in [2.05, 4.69) is 18.7 Å². The van der Waals surface area contributed by atoms with Gasteiger partial charge in [0.1, 0.15) is 5.75 Å². The van der Waals surface area contributed by atoms with Gasteiger partial charge in [0.2, 0.25) is 0 Å². The molecule has 0 bridgehead atoms. The van der Waals surface area contributed by atoms with Crippen LogP contribution in [0.3, 0.4) is 0 Å². The Kier molecular flexibility index (Phi) is 8.81. The van der Waals surface area contributed by atoms with Gasteiger partial charge in [0.05, 0.1) is 18.8 Å². The zero-order valence-electron chi connectivity index (χ0n) is 15.8. The Hall–Kier alpha value is -1.55. The molecule has 4 heteroatoms.